The fourth-order valence-corrected chi connectivity index (χ4v) is 15.5. The number of imide groups is 1. The molecule has 4 atom stereocenters. The molecule has 8 rings (SSSR count). The number of hydrogen-bond donors (Lipinski definition) is 2. The molecule has 2 amide bonds. The largest absolute Gasteiger partial charge is 0.508 e. The lowest BCUT2D eigenvalue weighted by Gasteiger charge is -2.46. The number of phenolic OH excluding ortho intramolecular Hbond substituents is 1. The average Bonchev–Trinajstić information content (AvgIpc) is 3.51. The van der Waals surface area contributed by atoms with Gasteiger partial charge < -0.3 is 19.2 Å². The molecule has 0 unspecified atom stereocenters. The van der Waals surface area contributed by atoms with Gasteiger partial charge in [0.2, 0.25) is 11.8 Å². The normalized spacial score (nSPS) is 23.1. The fraction of sp³-hybridized carbons (Fsp3) is 0.412. The molecule has 10 heteroatoms. The highest BCUT2D eigenvalue weighted by Gasteiger charge is 2.59. The van der Waals surface area contributed by atoms with Gasteiger partial charge in [-0.05, 0) is 101 Å². The third kappa shape index (κ3) is 8.89. The molecular weight excluding hydrogens is 775 g/mol. The number of benzene rings is 4. The van der Waals surface area contributed by atoms with E-state index in [-0.39, 0.29) is 40.9 Å². The molecule has 1 aliphatic carbocycles. The number of aromatic hydroxyl groups is 1. The second-order valence-electron chi connectivity index (χ2n) is 18.6. The molecule has 3 heterocycles. The molecule has 61 heavy (non-hydrogen) atoms. The van der Waals surface area contributed by atoms with Crippen molar-refractivity contribution in [1.29, 1.82) is 0 Å². The van der Waals surface area contributed by atoms with Crippen LogP contribution in [-0.2, 0) is 25.2 Å². The van der Waals surface area contributed by atoms with Crippen molar-refractivity contribution < 1.29 is 28.8 Å². The molecule has 2 N–H and O–H groups in total. The molecule has 4 aliphatic rings. The Labute approximate surface area is 363 Å². The summed E-state index contributed by atoms with van der Waals surface area (Å²) in [4.78, 5) is 33.7. The first-order valence-electron chi connectivity index (χ1n) is 22.4. The summed E-state index contributed by atoms with van der Waals surface area (Å²) in [5, 5.41) is 23.7. The Kier molecular flexibility index (Phi) is 13.0. The third-order valence-electron chi connectivity index (χ3n) is 13.8. The van der Waals surface area contributed by atoms with Gasteiger partial charge in [-0.2, -0.15) is 0 Å². The number of likely N-dealkylation sites (tertiary alicyclic amines) is 2. The van der Waals surface area contributed by atoms with E-state index in [2.05, 4.69) is 111 Å². The topological polar surface area (TPSA) is 99.5 Å². The zero-order valence-electron chi connectivity index (χ0n) is 36.2. The van der Waals surface area contributed by atoms with Crippen molar-refractivity contribution in [2.45, 2.75) is 96.3 Å². The minimum absolute atomic E-state index is 0.0710. The van der Waals surface area contributed by atoms with Crippen LogP contribution in [0.1, 0.15) is 77.3 Å². The Balaban J connectivity index is 1.13. The molecule has 0 saturated carbocycles. The second-order valence-corrected chi connectivity index (χ2v) is 22.9. The highest BCUT2D eigenvalue weighted by atomic mass is 28.4. The van der Waals surface area contributed by atoms with E-state index in [4.69, 9.17) is 9.08 Å². The number of fused-ring (bicyclic) bond motifs is 3. The lowest BCUT2D eigenvalue weighted by Crippen LogP contribution is -2.66. The summed E-state index contributed by atoms with van der Waals surface area (Å²) >= 11 is 0. The van der Waals surface area contributed by atoms with Crippen molar-refractivity contribution >= 4 is 43.7 Å². The van der Waals surface area contributed by atoms with Crippen LogP contribution in [0.25, 0.3) is 6.08 Å². The Hall–Kier alpha value is -4.58. The van der Waals surface area contributed by atoms with Crippen molar-refractivity contribution in [2.24, 2.45) is 17.8 Å². The summed E-state index contributed by atoms with van der Waals surface area (Å²) in [7, 11) is -4.04. The summed E-state index contributed by atoms with van der Waals surface area (Å²) in [5.41, 5.74) is 5.46. The van der Waals surface area contributed by atoms with E-state index in [0.717, 1.165) is 55.6 Å². The summed E-state index contributed by atoms with van der Waals surface area (Å²) in [6.07, 6.45) is 5.98. The number of piperidine rings is 1. The molecular formula is C51H61BN2O6Si. The van der Waals surface area contributed by atoms with Gasteiger partial charge in [0.25, 0.3) is 8.32 Å². The lowest BCUT2D eigenvalue weighted by molar-refractivity contribution is -0.144. The summed E-state index contributed by atoms with van der Waals surface area (Å²) in [5.74, 6) is -1.33. The summed E-state index contributed by atoms with van der Waals surface area (Å²) in [6, 6.07) is 38.8. The Morgan fingerprint density at radius 2 is 1.51 bits per heavy atom. The molecule has 0 spiro atoms. The van der Waals surface area contributed by atoms with Crippen LogP contribution in [0.4, 0.5) is 0 Å². The maximum absolute atomic E-state index is 14.9. The SMILES string of the molecule is CC/C(=C\c1cccc(O)c1)CC[C@H]1OB(O)C[C@H]2C1=C(CO[Si](c1ccccc1)(c1ccccc1)C(C)(C)C)C[C@H]1C(=O)N(C3CCN(Cc4ccccc4)CC3)C(=O)[C@H]12. The van der Waals surface area contributed by atoms with Crippen molar-refractivity contribution in [3.63, 3.8) is 0 Å². The van der Waals surface area contributed by atoms with Gasteiger partial charge >= 0.3 is 7.12 Å². The molecule has 3 saturated heterocycles. The Bertz CT molecular complexity index is 2180. The molecule has 318 valence electrons. The van der Waals surface area contributed by atoms with E-state index in [1.165, 1.54) is 21.5 Å². The van der Waals surface area contributed by atoms with Crippen molar-refractivity contribution in [3.8, 4) is 5.75 Å². The van der Waals surface area contributed by atoms with Crippen LogP contribution in [0, 0.1) is 17.8 Å². The fourth-order valence-electron chi connectivity index (χ4n) is 10.9. The third-order valence-corrected chi connectivity index (χ3v) is 18.8. The maximum atomic E-state index is 14.9. The van der Waals surface area contributed by atoms with Crippen LogP contribution in [0.2, 0.25) is 11.4 Å². The minimum Gasteiger partial charge on any atom is -0.508 e. The van der Waals surface area contributed by atoms with Gasteiger partial charge in [-0.3, -0.25) is 19.4 Å². The van der Waals surface area contributed by atoms with Gasteiger partial charge in [0.15, 0.2) is 0 Å². The summed E-state index contributed by atoms with van der Waals surface area (Å²) in [6.45, 7) is 11.7. The first kappa shape index (κ1) is 43.1. The number of carbonyl (C=O) groups excluding carboxylic acids is 2. The van der Waals surface area contributed by atoms with Gasteiger partial charge in [-0.15, -0.1) is 0 Å². The highest BCUT2D eigenvalue weighted by Crippen LogP contribution is 2.52. The second kappa shape index (κ2) is 18.4. The molecule has 8 nitrogen and oxygen atoms in total. The predicted molar refractivity (Wildman–Crippen MR) is 246 cm³/mol. The quantitative estimate of drug-likeness (QED) is 0.0801. The maximum Gasteiger partial charge on any atom is 0.455 e. The monoisotopic (exact) mass is 836 g/mol. The van der Waals surface area contributed by atoms with Gasteiger partial charge in [-0.1, -0.05) is 142 Å². The lowest BCUT2D eigenvalue weighted by atomic mass is 9.58. The zero-order chi connectivity index (χ0) is 42.7. The molecule has 3 fully saturated rings. The van der Waals surface area contributed by atoms with Crippen molar-refractivity contribution in [3.05, 3.63) is 143 Å². The van der Waals surface area contributed by atoms with Gasteiger partial charge in [-0.25, -0.2) is 0 Å². The van der Waals surface area contributed by atoms with E-state index in [1.807, 2.05) is 30.3 Å². The smallest absolute Gasteiger partial charge is 0.455 e. The molecule has 3 aliphatic heterocycles. The number of amides is 2. The number of nitrogens with zero attached hydrogens (tertiary/aromatic N) is 2. The van der Waals surface area contributed by atoms with E-state index in [9.17, 15) is 19.7 Å². The van der Waals surface area contributed by atoms with Crippen molar-refractivity contribution in [2.75, 3.05) is 19.7 Å². The molecule has 4 aromatic carbocycles. The Morgan fingerprint density at radius 3 is 2.11 bits per heavy atom. The van der Waals surface area contributed by atoms with Gasteiger partial charge in [0.05, 0.1) is 24.5 Å². The molecule has 4 aromatic rings. The van der Waals surface area contributed by atoms with Crippen LogP contribution in [0.3, 0.4) is 0 Å². The minimum atomic E-state index is -2.98. The van der Waals surface area contributed by atoms with Gasteiger partial charge in [0, 0.05) is 25.7 Å². The van der Waals surface area contributed by atoms with Crippen LogP contribution >= 0.6 is 0 Å². The number of rotatable bonds is 13. The van der Waals surface area contributed by atoms with Crippen molar-refractivity contribution in [1.82, 2.24) is 9.80 Å². The summed E-state index contributed by atoms with van der Waals surface area (Å²) < 4.78 is 14.1. The zero-order valence-corrected chi connectivity index (χ0v) is 37.2. The number of carbonyl (C=O) groups is 2. The first-order chi connectivity index (χ1) is 29.5. The number of allylic oxidation sites excluding steroid dienone is 1. The van der Waals surface area contributed by atoms with Crippen LogP contribution in [0.15, 0.2) is 132 Å². The number of phenols is 1. The van der Waals surface area contributed by atoms with Crippen LogP contribution in [0.5, 0.6) is 5.75 Å². The number of hydrogen-bond acceptors (Lipinski definition) is 7. The van der Waals surface area contributed by atoms with Crippen LogP contribution in [-0.4, -0.2) is 79.0 Å². The molecule has 0 bridgehead atoms. The predicted octanol–water partition coefficient (Wildman–Crippen LogP) is 8.00. The highest BCUT2D eigenvalue weighted by molar-refractivity contribution is 6.99. The van der Waals surface area contributed by atoms with E-state index in [1.54, 1.807) is 17.0 Å². The van der Waals surface area contributed by atoms with E-state index >= 15 is 0 Å². The Morgan fingerprint density at radius 1 is 0.869 bits per heavy atom. The average molecular weight is 837 g/mol. The van der Waals surface area contributed by atoms with E-state index < -0.39 is 33.4 Å². The standard InChI is InChI=1S/C51H61BN2O6Si/c1-5-36(30-38-18-15-19-41(55)31-38)24-25-46-47-39(35-59-61(51(2,3)4,42-20-11-7-12-21-42)43-22-13-8-14-23-43)32-44-48(45(47)33-52(58)60-46)50(57)54(49(44)56)40-26-28-53(29-27-40)34-37-16-9-6-10-17-37/h6-23,30-31,40,44-46,48,55,58H,5,24-29,32-35H2,1-4H3/b36-30+/t44-,45+,46-,48-/m1/s1. The molecule has 0 aromatic heterocycles. The van der Waals surface area contributed by atoms with Gasteiger partial charge in [0.1, 0.15) is 5.75 Å². The van der Waals surface area contributed by atoms with Crippen LogP contribution < -0.4 is 10.4 Å². The van der Waals surface area contributed by atoms with E-state index in [0.29, 0.717) is 25.9 Å². The molecule has 0 radical (unpaired) electrons. The first-order valence-corrected chi connectivity index (χ1v) is 24.3.